The van der Waals surface area contributed by atoms with Gasteiger partial charge in [-0.2, -0.15) is 0 Å². The Kier molecular flexibility index (Phi) is 4.86. The Bertz CT molecular complexity index is 421. The summed E-state index contributed by atoms with van der Waals surface area (Å²) in [4.78, 5) is 13.0. The van der Waals surface area contributed by atoms with Gasteiger partial charge >= 0.3 is 0 Å². The average molecular weight is 274 g/mol. The summed E-state index contributed by atoms with van der Waals surface area (Å²) in [7, 11) is 0. The molecule has 1 aromatic carbocycles. The fourth-order valence-corrected chi connectivity index (χ4v) is 1.86. The lowest BCUT2D eigenvalue weighted by molar-refractivity contribution is 0.0869. The number of hydrogen-bond acceptors (Lipinski definition) is 3. The standard InChI is InChI=1S/C12H16ClNO2S/c1-12(2,7-15)14-11(16)9-6-8(17-3)4-5-10(9)13/h4-6,15H,7H2,1-3H3,(H,14,16). The first-order valence-corrected chi connectivity index (χ1v) is 6.77. The van der Waals surface area contributed by atoms with Crippen molar-refractivity contribution in [1.82, 2.24) is 5.32 Å². The number of hydrogen-bond donors (Lipinski definition) is 2. The van der Waals surface area contributed by atoms with E-state index in [1.807, 2.05) is 12.3 Å². The summed E-state index contributed by atoms with van der Waals surface area (Å²) < 4.78 is 0. The second kappa shape index (κ2) is 5.76. The van der Waals surface area contributed by atoms with Crippen molar-refractivity contribution in [3.63, 3.8) is 0 Å². The second-order valence-electron chi connectivity index (χ2n) is 4.34. The minimum Gasteiger partial charge on any atom is -0.394 e. The van der Waals surface area contributed by atoms with Gasteiger partial charge in [-0.15, -0.1) is 11.8 Å². The van der Waals surface area contributed by atoms with Gasteiger partial charge in [0.05, 0.1) is 22.7 Å². The van der Waals surface area contributed by atoms with E-state index in [0.717, 1.165) is 4.90 Å². The Labute approximate surface area is 111 Å². The molecule has 2 N–H and O–H groups in total. The highest BCUT2D eigenvalue weighted by Crippen LogP contribution is 2.23. The number of carbonyl (C=O) groups excluding carboxylic acids is 1. The summed E-state index contributed by atoms with van der Waals surface area (Å²) in [5.74, 6) is -0.273. The van der Waals surface area contributed by atoms with E-state index in [2.05, 4.69) is 5.32 Å². The molecule has 1 aromatic rings. The van der Waals surface area contributed by atoms with E-state index >= 15 is 0 Å². The Morgan fingerprint density at radius 1 is 1.53 bits per heavy atom. The maximum absolute atomic E-state index is 12.0. The number of carbonyl (C=O) groups is 1. The van der Waals surface area contributed by atoms with E-state index in [9.17, 15) is 4.79 Å². The number of aliphatic hydroxyl groups is 1. The van der Waals surface area contributed by atoms with E-state index < -0.39 is 5.54 Å². The monoisotopic (exact) mass is 273 g/mol. The van der Waals surface area contributed by atoms with Crippen molar-refractivity contribution >= 4 is 29.3 Å². The molecular formula is C12H16ClNO2S. The maximum Gasteiger partial charge on any atom is 0.253 e. The van der Waals surface area contributed by atoms with Gasteiger partial charge in [0.1, 0.15) is 0 Å². The van der Waals surface area contributed by atoms with E-state index in [4.69, 9.17) is 16.7 Å². The van der Waals surface area contributed by atoms with Gasteiger partial charge in [-0.05, 0) is 38.3 Å². The zero-order chi connectivity index (χ0) is 13.1. The third-order valence-electron chi connectivity index (χ3n) is 2.27. The third kappa shape index (κ3) is 3.91. The van der Waals surface area contributed by atoms with E-state index in [0.29, 0.717) is 10.6 Å². The highest BCUT2D eigenvalue weighted by molar-refractivity contribution is 7.98. The molecule has 1 rings (SSSR count). The molecule has 0 aliphatic rings. The smallest absolute Gasteiger partial charge is 0.253 e. The molecule has 0 spiro atoms. The van der Waals surface area contributed by atoms with Gasteiger partial charge < -0.3 is 10.4 Å². The van der Waals surface area contributed by atoms with Gasteiger partial charge in [0.15, 0.2) is 0 Å². The fourth-order valence-electron chi connectivity index (χ4n) is 1.22. The Morgan fingerprint density at radius 2 is 2.18 bits per heavy atom. The van der Waals surface area contributed by atoms with E-state index in [-0.39, 0.29) is 12.5 Å². The predicted molar refractivity (Wildman–Crippen MR) is 71.9 cm³/mol. The molecule has 94 valence electrons. The molecule has 0 fully saturated rings. The van der Waals surface area contributed by atoms with Gasteiger partial charge in [-0.25, -0.2) is 0 Å². The molecule has 0 bridgehead atoms. The minimum absolute atomic E-state index is 0.126. The van der Waals surface area contributed by atoms with Gasteiger partial charge in [0, 0.05) is 4.90 Å². The lowest BCUT2D eigenvalue weighted by Gasteiger charge is -2.23. The zero-order valence-electron chi connectivity index (χ0n) is 10.1. The fraction of sp³-hybridized carbons (Fsp3) is 0.417. The predicted octanol–water partition coefficient (Wildman–Crippen LogP) is 2.56. The number of amides is 1. The van der Waals surface area contributed by atoms with Crippen molar-refractivity contribution in [2.45, 2.75) is 24.3 Å². The van der Waals surface area contributed by atoms with Crippen LogP contribution in [0.2, 0.25) is 5.02 Å². The number of rotatable bonds is 4. The highest BCUT2D eigenvalue weighted by atomic mass is 35.5. The van der Waals surface area contributed by atoms with Crippen molar-refractivity contribution in [2.24, 2.45) is 0 Å². The molecule has 0 radical (unpaired) electrons. The SMILES string of the molecule is CSc1ccc(Cl)c(C(=O)NC(C)(C)CO)c1. The quantitative estimate of drug-likeness (QED) is 0.829. The summed E-state index contributed by atoms with van der Waals surface area (Å²) in [6, 6.07) is 5.31. The van der Waals surface area contributed by atoms with Crippen molar-refractivity contribution in [2.75, 3.05) is 12.9 Å². The number of aliphatic hydroxyl groups excluding tert-OH is 1. The number of benzene rings is 1. The van der Waals surface area contributed by atoms with Gasteiger partial charge in [-0.3, -0.25) is 4.79 Å². The number of nitrogens with one attached hydrogen (secondary N) is 1. The van der Waals surface area contributed by atoms with Crippen molar-refractivity contribution in [3.05, 3.63) is 28.8 Å². The molecule has 0 atom stereocenters. The van der Waals surface area contributed by atoms with Crippen molar-refractivity contribution in [1.29, 1.82) is 0 Å². The van der Waals surface area contributed by atoms with Crippen LogP contribution in [-0.2, 0) is 0 Å². The molecule has 0 unspecified atom stereocenters. The molecule has 3 nitrogen and oxygen atoms in total. The summed E-state index contributed by atoms with van der Waals surface area (Å²) in [6.07, 6.45) is 1.93. The third-order valence-corrected chi connectivity index (χ3v) is 3.32. The van der Waals surface area contributed by atoms with Crippen LogP contribution in [0.3, 0.4) is 0 Å². The topological polar surface area (TPSA) is 49.3 Å². The molecule has 5 heteroatoms. The molecule has 0 heterocycles. The minimum atomic E-state index is -0.657. The van der Waals surface area contributed by atoms with Crippen LogP contribution in [0.1, 0.15) is 24.2 Å². The molecular weight excluding hydrogens is 258 g/mol. The molecule has 1 amide bonds. The molecule has 0 aliphatic heterocycles. The van der Waals surface area contributed by atoms with Crippen LogP contribution in [0, 0.1) is 0 Å². The van der Waals surface area contributed by atoms with Gasteiger partial charge in [0.25, 0.3) is 5.91 Å². The largest absolute Gasteiger partial charge is 0.394 e. The summed E-state index contributed by atoms with van der Waals surface area (Å²) in [5, 5.41) is 12.3. The summed E-state index contributed by atoms with van der Waals surface area (Å²) >= 11 is 7.53. The van der Waals surface area contributed by atoms with Crippen LogP contribution in [-0.4, -0.2) is 29.4 Å². The lowest BCUT2D eigenvalue weighted by atomic mass is 10.1. The molecule has 0 saturated heterocycles. The van der Waals surface area contributed by atoms with E-state index in [1.54, 1.807) is 37.7 Å². The van der Waals surface area contributed by atoms with Crippen LogP contribution in [0.5, 0.6) is 0 Å². The average Bonchev–Trinajstić information content (AvgIpc) is 2.29. The molecule has 0 aliphatic carbocycles. The van der Waals surface area contributed by atoms with Crippen LogP contribution in [0.25, 0.3) is 0 Å². The molecule has 17 heavy (non-hydrogen) atoms. The van der Waals surface area contributed by atoms with Gasteiger partial charge in [-0.1, -0.05) is 11.6 Å². The normalized spacial score (nSPS) is 11.4. The summed E-state index contributed by atoms with van der Waals surface area (Å²) in [6.45, 7) is 3.37. The maximum atomic E-state index is 12.0. The van der Waals surface area contributed by atoms with Crippen LogP contribution < -0.4 is 5.32 Å². The Hall–Kier alpha value is -0.710. The number of thioether (sulfide) groups is 1. The van der Waals surface area contributed by atoms with Crippen molar-refractivity contribution < 1.29 is 9.90 Å². The van der Waals surface area contributed by atoms with Crippen LogP contribution in [0.4, 0.5) is 0 Å². The van der Waals surface area contributed by atoms with Crippen molar-refractivity contribution in [3.8, 4) is 0 Å². The lowest BCUT2D eigenvalue weighted by Crippen LogP contribution is -2.46. The second-order valence-corrected chi connectivity index (χ2v) is 5.63. The first kappa shape index (κ1) is 14.4. The van der Waals surface area contributed by atoms with Gasteiger partial charge in [0.2, 0.25) is 0 Å². The van der Waals surface area contributed by atoms with E-state index in [1.165, 1.54) is 0 Å². The first-order chi connectivity index (χ1) is 7.89. The zero-order valence-corrected chi connectivity index (χ0v) is 11.7. The molecule has 0 saturated carbocycles. The Balaban J connectivity index is 2.96. The van der Waals surface area contributed by atoms with Crippen LogP contribution >= 0.6 is 23.4 Å². The highest BCUT2D eigenvalue weighted by Gasteiger charge is 2.21. The Morgan fingerprint density at radius 3 is 2.71 bits per heavy atom. The first-order valence-electron chi connectivity index (χ1n) is 5.16. The number of halogens is 1. The summed E-state index contributed by atoms with van der Waals surface area (Å²) in [5.41, 5.74) is -0.226. The van der Waals surface area contributed by atoms with Crippen LogP contribution in [0.15, 0.2) is 23.1 Å². The molecule has 0 aromatic heterocycles.